The third-order valence-corrected chi connectivity index (χ3v) is 5.64. The van der Waals surface area contributed by atoms with Gasteiger partial charge in [-0.2, -0.15) is 13.2 Å². The van der Waals surface area contributed by atoms with Crippen LogP contribution in [0.3, 0.4) is 0 Å². The van der Waals surface area contributed by atoms with Crippen molar-refractivity contribution in [2.75, 3.05) is 18.4 Å². The number of anilines is 1. The summed E-state index contributed by atoms with van der Waals surface area (Å²) < 4.78 is 39.6. The maximum absolute atomic E-state index is 13.2. The number of nitrogens with one attached hydrogen (secondary N) is 1. The predicted octanol–water partition coefficient (Wildman–Crippen LogP) is 5.71. The number of alkyl halides is 3. The number of para-hydroxylation sites is 1. The van der Waals surface area contributed by atoms with Crippen molar-refractivity contribution >= 4 is 22.4 Å². The summed E-state index contributed by atoms with van der Waals surface area (Å²) in [5.41, 5.74) is 0.194. The maximum atomic E-state index is 13.2. The lowest BCUT2D eigenvalue weighted by Gasteiger charge is -2.32. The van der Waals surface area contributed by atoms with Gasteiger partial charge in [0.25, 0.3) is 0 Å². The van der Waals surface area contributed by atoms with Gasteiger partial charge in [0.2, 0.25) is 5.91 Å². The van der Waals surface area contributed by atoms with Gasteiger partial charge in [0.1, 0.15) is 0 Å². The molecule has 4 rings (SSSR count). The van der Waals surface area contributed by atoms with Crippen LogP contribution in [0.1, 0.15) is 24.0 Å². The van der Waals surface area contributed by atoms with Crippen molar-refractivity contribution in [1.82, 2.24) is 4.90 Å². The summed E-state index contributed by atoms with van der Waals surface area (Å²) in [7, 11) is 0. The van der Waals surface area contributed by atoms with E-state index in [1.165, 1.54) is 34.5 Å². The van der Waals surface area contributed by atoms with Crippen LogP contribution in [0, 0.1) is 5.92 Å². The average molecular weight is 412 g/mol. The molecule has 3 nitrogen and oxygen atoms in total. The molecule has 1 saturated heterocycles. The average Bonchev–Trinajstić information content (AvgIpc) is 2.74. The van der Waals surface area contributed by atoms with E-state index >= 15 is 0 Å². The highest BCUT2D eigenvalue weighted by molar-refractivity contribution is 5.93. The second kappa shape index (κ2) is 8.48. The topological polar surface area (TPSA) is 32.3 Å². The molecule has 30 heavy (non-hydrogen) atoms. The van der Waals surface area contributed by atoms with E-state index in [1.54, 1.807) is 0 Å². The first kappa shape index (κ1) is 20.4. The number of carbonyl (C=O) groups excluding carboxylic acids is 1. The minimum absolute atomic E-state index is 0.179. The molecule has 3 aromatic carbocycles. The molecule has 1 N–H and O–H groups in total. The molecule has 1 heterocycles. The number of fused-ring (bicyclic) bond motifs is 1. The molecule has 1 atom stereocenters. The zero-order valence-electron chi connectivity index (χ0n) is 16.5. The molecule has 0 aliphatic carbocycles. The SMILES string of the molecule is O=C(Nc1ccccc1C(F)(F)F)C1CCCN(Cc2cccc3ccccc23)C1. The highest BCUT2D eigenvalue weighted by atomic mass is 19.4. The molecule has 0 radical (unpaired) electrons. The van der Waals surface area contributed by atoms with E-state index in [4.69, 9.17) is 0 Å². The fourth-order valence-electron chi connectivity index (χ4n) is 4.16. The lowest BCUT2D eigenvalue weighted by Crippen LogP contribution is -2.40. The van der Waals surface area contributed by atoms with Crippen molar-refractivity contribution < 1.29 is 18.0 Å². The van der Waals surface area contributed by atoms with Crippen molar-refractivity contribution in [3.63, 3.8) is 0 Å². The minimum atomic E-state index is -4.50. The first-order valence-corrected chi connectivity index (χ1v) is 10.1. The van der Waals surface area contributed by atoms with Crippen LogP contribution in [0.25, 0.3) is 10.8 Å². The van der Waals surface area contributed by atoms with Crippen LogP contribution in [-0.2, 0) is 17.5 Å². The van der Waals surface area contributed by atoms with E-state index < -0.39 is 11.7 Å². The number of hydrogen-bond acceptors (Lipinski definition) is 2. The van der Waals surface area contributed by atoms with E-state index in [0.717, 1.165) is 19.0 Å². The van der Waals surface area contributed by atoms with Gasteiger partial charge < -0.3 is 5.32 Å². The van der Waals surface area contributed by atoms with Gasteiger partial charge in [-0.25, -0.2) is 0 Å². The highest BCUT2D eigenvalue weighted by Crippen LogP contribution is 2.35. The largest absolute Gasteiger partial charge is 0.418 e. The number of nitrogens with zero attached hydrogens (tertiary/aromatic N) is 1. The number of amides is 1. The molecule has 1 amide bonds. The Morgan fingerprint density at radius 1 is 1.00 bits per heavy atom. The second-order valence-electron chi connectivity index (χ2n) is 7.75. The van der Waals surface area contributed by atoms with Crippen molar-refractivity contribution in [3.05, 3.63) is 77.9 Å². The third kappa shape index (κ3) is 4.49. The highest BCUT2D eigenvalue weighted by Gasteiger charge is 2.34. The Kier molecular flexibility index (Phi) is 5.77. The Labute approximate surface area is 173 Å². The number of hydrogen-bond donors (Lipinski definition) is 1. The summed E-state index contributed by atoms with van der Waals surface area (Å²) in [5.74, 6) is -0.690. The zero-order valence-corrected chi connectivity index (χ0v) is 16.5. The monoisotopic (exact) mass is 412 g/mol. The fourth-order valence-corrected chi connectivity index (χ4v) is 4.16. The van der Waals surface area contributed by atoms with Crippen LogP contribution in [-0.4, -0.2) is 23.9 Å². The van der Waals surface area contributed by atoms with Crippen LogP contribution in [0.15, 0.2) is 66.7 Å². The molecule has 156 valence electrons. The van der Waals surface area contributed by atoms with Crippen LogP contribution in [0.2, 0.25) is 0 Å². The molecule has 1 aliphatic heterocycles. The summed E-state index contributed by atoms with van der Waals surface area (Å²) in [4.78, 5) is 15.0. The molecular formula is C24H23F3N2O. The number of halogens is 3. The van der Waals surface area contributed by atoms with Crippen LogP contribution in [0.5, 0.6) is 0 Å². The van der Waals surface area contributed by atoms with Crippen LogP contribution in [0.4, 0.5) is 18.9 Å². The second-order valence-corrected chi connectivity index (χ2v) is 7.75. The van der Waals surface area contributed by atoms with E-state index in [9.17, 15) is 18.0 Å². The summed E-state index contributed by atoms with van der Waals surface area (Å²) in [6.07, 6.45) is -2.99. The third-order valence-electron chi connectivity index (χ3n) is 5.64. The number of piperidine rings is 1. The van der Waals surface area contributed by atoms with E-state index in [0.29, 0.717) is 19.5 Å². The molecule has 0 spiro atoms. The van der Waals surface area contributed by atoms with Gasteiger partial charge in [-0.3, -0.25) is 9.69 Å². The Balaban J connectivity index is 1.46. The Bertz CT molecular complexity index is 1040. The van der Waals surface area contributed by atoms with Crippen molar-refractivity contribution in [3.8, 4) is 0 Å². The zero-order chi connectivity index (χ0) is 21.1. The normalized spacial score (nSPS) is 17.8. The summed E-state index contributed by atoms with van der Waals surface area (Å²) in [6, 6.07) is 19.5. The Morgan fingerprint density at radius 2 is 1.73 bits per heavy atom. The van der Waals surface area contributed by atoms with Gasteiger partial charge in [-0.1, -0.05) is 54.6 Å². The molecule has 6 heteroatoms. The molecule has 0 saturated carbocycles. The minimum Gasteiger partial charge on any atom is -0.325 e. The first-order valence-electron chi connectivity index (χ1n) is 10.1. The van der Waals surface area contributed by atoms with Crippen molar-refractivity contribution in [2.45, 2.75) is 25.6 Å². The lowest BCUT2D eigenvalue weighted by molar-refractivity contribution is -0.137. The van der Waals surface area contributed by atoms with Crippen LogP contribution >= 0.6 is 0 Å². The quantitative estimate of drug-likeness (QED) is 0.595. The van der Waals surface area contributed by atoms with E-state index in [1.807, 2.05) is 18.2 Å². The van der Waals surface area contributed by atoms with Crippen molar-refractivity contribution in [2.24, 2.45) is 5.92 Å². The standard InChI is InChI=1S/C24H23F3N2O/c25-24(26,27)21-12-3-4-13-22(21)28-23(30)19-10-6-14-29(16-19)15-18-9-5-8-17-7-1-2-11-20(17)18/h1-5,7-9,11-13,19H,6,10,14-16H2,(H,28,30). The summed E-state index contributed by atoms with van der Waals surface area (Å²) in [6.45, 7) is 2.11. The van der Waals surface area contributed by atoms with Crippen molar-refractivity contribution in [1.29, 1.82) is 0 Å². The molecule has 3 aromatic rings. The van der Waals surface area contributed by atoms with Gasteiger partial charge in [0.15, 0.2) is 0 Å². The van der Waals surface area contributed by atoms with E-state index in [-0.39, 0.29) is 17.5 Å². The van der Waals surface area contributed by atoms with Gasteiger partial charge in [-0.05, 0) is 47.9 Å². The lowest BCUT2D eigenvalue weighted by atomic mass is 9.95. The van der Waals surface area contributed by atoms with Gasteiger partial charge in [0.05, 0.1) is 17.2 Å². The molecule has 1 unspecified atom stereocenters. The number of rotatable bonds is 4. The van der Waals surface area contributed by atoms with Crippen LogP contribution < -0.4 is 5.32 Å². The summed E-state index contributed by atoms with van der Waals surface area (Å²) >= 11 is 0. The smallest absolute Gasteiger partial charge is 0.325 e. The number of benzene rings is 3. The van der Waals surface area contributed by atoms with Gasteiger partial charge >= 0.3 is 6.18 Å². The molecule has 0 bridgehead atoms. The Morgan fingerprint density at radius 3 is 2.57 bits per heavy atom. The number of carbonyl (C=O) groups is 1. The Hall–Kier alpha value is -2.86. The molecule has 1 fully saturated rings. The van der Waals surface area contributed by atoms with E-state index in [2.05, 4.69) is 34.5 Å². The molecular weight excluding hydrogens is 389 g/mol. The predicted molar refractivity (Wildman–Crippen MR) is 112 cm³/mol. The van der Waals surface area contributed by atoms with Gasteiger partial charge in [0, 0.05) is 13.1 Å². The maximum Gasteiger partial charge on any atom is 0.418 e. The molecule has 1 aliphatic rings. The summed E-state index contributed by atoms with van der Waals surface area (Å²) in [5, 5.41) is 4.87. The first-order chi connectivity index (χ1) is 14.4. The fraction of sp³-hybridized carbons (Fsp3) is 0.292. The van der Waals surface area contributed by atoms with Gasteiger partial charge in [-0.15, -0.1) is 0 Å². The number of likely N-dealkylation sites (tertiary alicyclic amines) is 1. The molecule has 0 aromatic heterocycles.